The molecule has 0 aromatic heterocycles. The van der Waals surface area contributed by atoms with Crippen LogP contribution in [0.25, 0.3) is 0 Å². The minimum absolute atomic E-state index is 0. The van der Waals surface area contributed by atoms with Gasteiger partial charge in [0.15, 0.2) is 0 Å². The van der Waals surface area contributed by atoms with Crippen LogP contribution in [0, 0.1) is 41.4 Å². The molecule has 5 aliphatic carbocycles. The molecule has 6 aromatic rings. The van der Waals surface area contributed by atoms with E-state index in [1.54, 1.807) is 40.4 Å². The minimum atomic E-state index is -0.222. The van der Waals surface area contributed by atoms with E-state index in [0.717, 1.165) is 185 Å². The average molecular weight is 2030 g/mol. The number of phenols is 3. The van der Waals surface area contributed by atoms with Crippen LogP contribution in [0.5, 0.6) is 34.5 Å². The molecule has 637 valence electrons. The fourth-order valence-electron chi connectivity index (χ4n) is 14.1. The zero-order valence-corrected chi connectivity index (χ0v) is 80.2. The maximum absolute atomic E-state index is 12.4. The zero-order valence-electron chi connectivity index (χ0n) is 68.3. The van der Waals surface area contributed by atoms with Crippen LogP contribution < -0.4 is 44.9 Å². The van der Waals surface area contributed by atoms with Gasteiger partial charge in [-0.3, -0.25) is 24.0 Å². The van der Waals surface area contributed by atoms with Crippen molar-refractivity contribution >= 4 is 213 Å². The number of thiol groups is 1. The predicted octanol–water partition coefficient (Wildman–Crippen LogP) is 22.7. The number of hydrogen-bond acceptors (Lipinski definition) is 17. The molecule has 0 spiro atoms. The Morgan fingerprint density at radius 3 is 1.07 bits per heavy atom. The molecule has 6 aliphatic heterocycles. The van der Waals surface area contributed by atoms with Crippen molar-refractivity contribution in [1.29, 1.82) is 5.26 Å². The van der Waals surface area contributed by atoms with Crippen LogP contribution in [0.15, 0.2) is 112 Å². The molecule has 6 aromatic carbocycles. The third-order valence-corrected chi connectivity index (χ3v) is 22.3. The van der Waals surface area contributed by atoms with E-state index in [0.29, 0.717) is 46.0 Å². The number of nitrogens with one attached hydrogen (secondary N) is 3. The Bertz CT molecular complexity index is 4150. The maximum atomic E-state index is 12.4. The van der Waals surface area contributed by atoms with Crippen LogP contribution in [0.2, 0.25) is 0 Å². The summed E-state index contributed by atoms with van der Waals surface area (Å²) in [5.41, 5.74) is 13.2. The van der Waals surface area contributed by atoms with Crippen molar-refractivity contribution < 1.29 is 53.5 Å². The number of nitrogens with zero attached hydrogens (tertiary/aromatic N) is 5. The van der Waals surface area contributed by atoms with E-state index in [1.807, 2.05) is 93.6 Å². The Balaban J connectivity index is 0.000000237. The number of methoxy groups -OCH3 is 3. The number of alkyl halides is 2. The van der Waals surface area contributed by atoms with E-state index in [1.165, 1.54) is 40.9 Å². The number of fused-ring (bicyclic) bond motifs is 6. The Morgan fingerprint density at radius 2 is 0.735 bits per heavy atom. The van der Waals surface area contributed by atoms with Crippen LogP contribution in [-0.2, 0) is 62.5 Å². The molecule has 0 bridgehead atoms. The number of halogens is 9. The molecule has 19 nitrogen and oxygen atoms in total. The van der Waals surface area contributed by atoms with Crippen LogP contribution in [0.1, 0.15) is 185 Å². The van der Waals surface area contributed by atoms with Gasteiger partial charge in [0.2, 0.25) is 28.2 Å². The third kappa shape index (κ3) is 32.4. The fourth-order valence-corrected chi connectivity index (χ4v) is 14.9. The van der Waals surface area contributed by atoms with E-state index in [-0.39, 0.29) is 94.7 Å². The Labute approximate surface area is 763 Å². The van der Waals surface area contributed by atoms with Crippen molar-refractivity contribution in [2.45, 2.75) is 231 Å². The van der Waals surface area contributed by atoms with Crippen LogP contribution >= 0.6 is 139 Å². The number of benzene rings is 6. The SMILES string of the molecule is Br.BrB(Br)Br.C#N.CC(Cl)Cl.COc1cccc2c1CC[C@H](C)N2.COc1cccc2c1CC[C@H](C)N2.COc1cccc2c1CC[C@H](C)N2C(=O)C1CC1.C[C@H]1CCc2c(O)cccc2N1.C[C@H]1CCc2c(O)cccc2N1C(=O)C1CC1.C[C@H]1CCc2c(ccc(Br)c2O)N1C(=O)C1CC1.O=C(Cl)C1CC1.O=C(Cl)C1CC1.[B]=NS. The summed E-state index contributed by atoms with van der Waals surface area (Å²) < 4.78 is 19.7. The van der Waals surface area contributed by atoms with Gasteiger partial charge in [-0.05, 0) is 302 Å². The van der Waals surface area contributed by atoms with Crippen molar-refractivity contribution in [3.63, 3.8) is 0 Å². The zero-order chi connectivity index (χ0) is 85.6. The second kappa shape index (κ2) is 51.5. The van der Waals surface area contributed by atoms with Crippen molar-refractivity contribution in [3.05, 3.63) is 141 Å². The molecule has 1 radical (unpaired) electrons. The molecule has 17 rings (SSSR count). The molecule has 6 atom stereocenters. The first-order chi connectivity index (χ1) is 55.4. The van der Waals surface area contributed by atoms with Gasteiger partial charge in [-0.2, -0.15) is 0 Å². The standard InChI is InChI=1S/C15H19NO2.C14H16BrNO2.C14H17NO2.2C11H15NO.C10H13NO.2C4H5ClO.C2H4Cl2.CHN.BBr3.BHNS.BrH/c1-10-6-9-12-13(4-3-5-14(12)18-2)16(10)15(17)11-7-8-11;1-8-2-5-10-12(7-6-11(15)13(10)17)16(8)14(18)9-3-4-9;1-9-5-8-11-12(3-2-4-13(11)16)15(9)14(17)10-6-7-10;2*1-8-6-7-9-10(12-8)4-3-5-11(9)13-2;1-7-5-6-8-9(11-7)3-2-4-10(8)12;2*5-4(6)3-1-2-3;1-2(3)4;1-2;2-1(3)4;1-2-3;/h3-5,10-11H,6-9H2,1-2H3;6-9,17H,2-5H2,1H3;2-4,9-10,16H,5-8H2,1H3;2*3-5,8,12H,6-7H2,1-2H3;2-4,7,11-12H,5-6H2,1H3;2*3H,1-2H2;2H,1H3;1H;;3H;1H/t10-;8-;9-;2*8-;7-;;;;;;;/m000000......./s1. The number of rotatable bonds is 8. The van der Waals surface area contributed by atoms with Crippen molar-refractivity contribution in [3.8, 4) is 41.1 Å². The van der Waals surface area contributed by atoms with Gasteiger partial charge in [0.05, 0.1) is 42.9 Å². The van der Waals surface area contributed by atoms with Gasteiger partial charge >= 0.3 is 27.9 Å². The Kier molecular flexibility index (Phi) is 45.0. The summed E-state index contributed by atoms with van der Waals surface area (Å²) in [6.07, 6.45) is 22.5. The quantitative estimate of drug-likeness (QED) is 0.0324. The molecule has 3 amide bonds. The molecule has 5 saturated carbocycles. The summed E-state index contributed by atoms with van der Waals surface area (Å²) in [4.78, 5) is 62.6. The molecule has 6 N–H and O–H groups in total. The van der Waals surface area contributed by atoms with E-state index < -0.39 is 0 Å². The number of nitriles is 1. The van der Waals surface area contributed by atoms with Gasteiger partial charge in [0, 0.05) is 123 Å². The molecule has 0 unspecified atom stereocenters. The average Bonchev–Trinajstić information content (AvgIpc) is 1.70. The van der Waals surface area contributed by atoms with Crippen molar-refractivity contribution in [1.82, 2.24) is 0 Å². The predicted molar refractivity (Wildman–Crippen MR) is 504 cm³/mol. The second-order valence-electron chi connectivity index (χ2n) is 30.3. The Morgan fingerprint density at radius 1 is 0.470 bits per heavy atom. The van der Waals surface area contributed by atoms with Gasteiger partial charge in [-0.1, -0.05) is 30.3 Å². The molecule has 31 heteroatoms. The van der Waals surface area contributed by atoms with Crippen LogP contribution in [-0.4, -0.2) is 117 Å². The summed E-state index contributed by atoms with van der Waals surface area (Å²) in [6, 6.07) is 35.7. The van der Waals surface area contributed by atoms with Gasteiger partial charge in [-0.15, -0.1) is 87.5 Å². The number of aromatic hydroxyl groups is 3. The summed E-state index contributed by atoms with van der Waals surface area (Å²) >= 11 is 36.0. The van der Waals surface area contributed by atoms with E-state index >= 15 is 0 Å². The normalized spacial score (nSPS) is 19.9. The topological polar surface area (TPSA) is 256 Å². The Hall–Kier alpha value is -5.40. The number of carbonyl (C=O) groups excluding carboxylic acids is 5. The van der Waals surface area contributed by atoms with Gasteiger partial charge in [0.1, 0.15) is 39.3 Å². The first kappa shape index (κ1) is 102. The molecule has 6 heterocycles. The van der Waals surface area contributed by atoms with Gasteiger partial charge < -0.3 is 60.2 Å². The number of anilines is 6. The van der Waals surface area contributed by atoms with E-state index in [4.69, 9.17) is 65.9 Å². The molecule has 5 fully saturated rings. The molecular formula is C86H112B2Br5Cl4N8O11S. The number of hydrogen-bond donors (Lipinski definition) is 7. The van der Waals surface area contributed by atoms with Crippen LogP contribution in [0.3, 0.4) is 0 Å². The van der Waals surface area contributed by atoms with E-state index in [9.17, 15) is 39.3 Å². The summed E-state index contributed by atoms with van der Waals surface area (Å²) in [6.45, 7) is 18.1. The van der Waals surface area contributed by atoms with E-state index in [2.05, 4.69) is 164 Å². The molecule has 0 saturated heterocycles. The second-order valence-corrected chi connectivity index (χ2v) is 40.1. The number of carbonyl (C=O) groups is 5. The number of phenolic OH excluding ortho intramolecular Hbond substituents is 3. The first-order valence-electron chi connectivity index (χ1n) is 39.7. The van der Waals surface area contributed by atoms with Crippen molar-refractivity contribution in [2.24, 2.45) is 33.9 Å². The summed E-state index contributed by atoms with van der Waals surface area (Å²) in [5.74, 6) is 5.90. The molecule has 117 heavy (non-hydrogen) atoms. The summed E-state index contributed by atoms with van der Waals surface area (Å²) in [5, 5.41) is 45.9. The third-order valence-electron chi connectivity index (χ3n) is 21.0. The molecule has 11 aliphatic rings. The number of amides is 3. The van der Waals surface area contributed by atoms with Crippen LogP contribution in [0.4, 0.5) is 34.1 Å². The monoisotopic (exact) mass is 2020 g/mol. The number of ether oxygens (including phenoxy) is 3. The van der Waals surface area contributed by atoms with Gasteiger partial charge in [0.25, 0.3) is 0 Å². The molecular weight excluding hydrogens is 1920 g/mol. The summed E-state index contributed by atoms with van der Waals surface area (Å²) in [7, 11) is 9.49. The fraction of sp³-hybridized carbons (Fsp3) is 0.512. The van der Waals surface area contributed by atoms with Crippen molar-refractivity contribution in [2.75, 3.05) is 52.0 Å². The van der Waals surface area contributed by atoms with Gasteiger partial charge in [-0.25, -0.2) is 5.26 Å². The first-order valence-corrected chi connectivity index (χ1v) is 45.2.